The Bertz CT molecular complexity index is 1460. The third-order valence-electron chi connectivity index (χ3n) is 5.39. The van der Waals surface area contributed by atoms with Gasteiger partial charge in [0, 0.05) is 0 Å². The molecule has 7 nitrogen and oxygen atoms in total. The number of benzene rings is 2. The average Bonchev–Trinajstić information content (AvgIpc) is 3.12. The maximum atomic E-state index is 13.6. The fourth-order valence-corrected chi connectivity index (χ4v) is 5.81. The standard InChI is InChI=1S/C25H23IN2O5S/c1-5-33-24(30)20-14(2)27-25-28(21(20)16-9-7-6-8-10-16)23(29)19(34-25)13-15-11-17(26)22(32-4)18(12-15)31-3/h6-13,21H,5H2,1-4H3/b19-13+/t21-/m0/s1. The molecule has 176 valence electrons. The normalized spacial score (nSPS) is 15.6. The lowest BCUT2D eigenvalue weighted by Gasteiger charge is -2.24. The fraction of sp³-hybridized carbons (Fsp3) is 0.240. The maximum Gasteiger partial charge on any atom is 0.338 e. The molecule has 9 heteroatoms. The Morgan fingerprint density at radius 3 is 2.59 bits per heavy atom. The molecule has 0 aliphatic carbocycles. The molecule has 0 amide bonds. The van der Waals surface area contributed by atoms with Crippen molar-refractivity contribution < 1.29 is 19.0 Å². The van der Waals surface area contributed by atoms with Crippen molar-refractivity contribution in [2.45, 2.75) is 19.9 Å². The van der Waals surface area contributed by atoms with Crippen LogP contribution in [0.4, 0.5) is 0 Å². The van der Waals surface area contributed by atoms with E-state index >= 15 is 0 Å². The SMILES string of the molecule is CCOC(=O)C1=C(C)N=c2s/c(=C/c3cc(I)c(OC)c(OC)c3)c(=O)n2[C@H]1c1ccccc1. The Hall–Kier alpha value is -2.92. The number of nitrogens with zero attached hydrogens (tertiary/aromatic N) is 2. The number of methoxy groups -OCH3 is 2. The van der Waals surface area contributed by atoms with Crippen LogP contribution in [0.15, 0.2) is 63.5 Å². The van der Waals surface area contributed by atoms with Gasteiger partial charge in [0.15, 0.2) is 16.3 Å². The van der Waals surface area contributed by atoms with Gasteiger partial charge in [0.25, 0.3) is 5.56 Å². The molecule has 4 rings (SSSR count). The Morgan fingerprint density at radius 1 is 1.21 bits per heavy atom. The number of hydrogen-bond acceptors (Lipinski definition) is 7. The minimum atomic E-state index is -0.621. The van der Waals surface area contributed by atoms with Crippen molar-refractivity contribution in [3.05, 3.63) is 88.1 Å². The highest BCUT2D eigenvalue weighted by Gasteiger charge is 2.33. The van der Waals surface area contributed by atoms with Crippen LogP contribution in [0.2, 0.25) is 0 Å². The molecule has 0 fully saturated rings. The highest BCUT2D eigenvalue weighted by atomic mass is 127. The summed E-state index contributed by atoms with van der Waals surface area (Å²) in [7, 11) is 3.16. The van der Waals surface area contributed by atoms with E-state index in [4.69, 9.17) is 14.2 Å². The van der Waals surface area contributed by atoms with Gasteiger partial charge in [-0.25, -0.2) is 9.79 Å². The van der Waals surface area contributed by atoms with Crippen molar-refractivity contribution in [1.29, 1.82) is 0 Å². The lowest BCUT2D eigenvalue weighted by Crippen LogP contribution is -2.39. The summed E-state index contributed by atoms with van der Waals surface area (Å²) < 4.78 is 19.1. The molecular weight excluding hydrogens is 567 g/mol. The van der Waals surface area contributed by atoms with Crippen molar-refractivity contribution in [3.63, 3.8) is 0 Å². The summed E-state index contributed by atoms with van der Waals surface area (Å²) in [6.07, 6.45) is 1.80. The van der Waals surface area contributed by atoms with E-state index in [1.165, 1.54) is 11.3 Å². The molecule has 34 heavy (non-hydrogen) atoms. The van der Waals surface area contributed by atoms with Crippen LogP contribution in [0.1, 0.15) is 31.0 Å². The predicted molar refractivity (Wildman–Crippen MR) is 139 cm³/mol. The van der Waals surface area contributed by atoms with Crippen molar-refractivity contribution in [2.24, 2.45) is 4.99 Å². The Morgan fingerprint density at radius 2 is 1.94 bits per heavy atom. The Labute approximate surface area is 214 Å². The largest absolute Gasteiger partial charge is 0.493 e. The van der Waals surface area contributed by atoms with E-state index in [9.17, 15) is 9.59 Å². The van der Waals surface area contributed by atoms with Crippen LogP contribution in [0.3, 0.4) is 0 Å². The molecule has 0 radical (unpaired) electrons. The lowest BCUT2D eigenvalue weighted by atomic mass is 9.96. The van der Waals surface area contributed by atoms with Crippen LogP contribution < -0.4 is 24.4 Å². The molecule has 3 aromatic rings. The van der Waals surface area contributed by atoms with Gasteiger partial charge < -0.3 is 14.2 Å². The number of esters is 1. The Kier molecular flexibility index (Phi) is 7.22. The van der Waals surface area contributed by atoms with Gasteiger partial charge in [0.2, 0.25) is 0 Å². The molecule has 1 aliphatic heterocycles. The molecule has 2 heterocycles. The first kappa shape index (κ1) is 24.2. The van der Waals surface area contributed by atoms with E-state index in [1.807, 2.05) is 42.5 Å². The number of carbonyl (C=O) groups is 1. The number of halogens is 1. The van der Waals surface area contributed by atoms with E-state index in [0.717, 1.165) is 14.7 Å². The van der Waals surface area contributed by atoms with Gasteiger partial charge in [-0.05, 0) is 65.8 Å². The van der Waals surface area contributed by atoms with Gasteiger partial charge in [-0.3, -0.25) is 9.36 Å². The number of allylic oxidation sites excluding steroid dienone is 1. The van der Waals surface area contributed by atoms with Crippen molar-refractivity contribution in [2.75, 3.05) is 20.8 Å². The van der Waals surface area contributed by atoms with Crippen molar-refractivity contribution >= 4 is 46.0 Å². The number of thiazole rings is 1. The zero-order chi connectivity index (χ0) is 24.4. The number of aromatic nitrogens is 1. The second-order valence-corrected chi connectivity index (χ2v) is 9.62. The number of ether oxygens (including phenoxy) is 3. The fourth-order valence-electron chi connectivity index (χ4n) is 3.91. The second-order valence-electron chi connectivity index (χ2n) is 7.45. The summed E-state index contributed by atoms with van der Waals surface area (Å²) >= 11 is 3.46. The molecule has 0 N–H and O–H groups in total. The first-order valence-electron chi connectivity index (χ1n) is 10.6. The van der Waals surface area contributed by atoms with E-state index in [1.54, 1.807) is 38.7 Å². The quantitative estimate of drug-likeness (QED) is 0.325. The van der Waals surface area contributed by atoms with Crippen LogP contribution in [0.25, 0.3) is 6.08 Å². The molecule has 1 atom stereocenters. The maximum absolute atomic E-state index is 13.6. The molecule has 0 unspecified atom stereocenters. The van der Waals surface area contributed by atoms with Crippen LogP contribution in [0.5, 0.6) is 11.5 Å². The third-order valence-corrected chi connectivity index (χ3v) is 7.17. The highest BCUT2D eigenvalue weighted by molar-refractivity contribution is 14.1. The molecule has 0 saturated carbocycles. The zero-order valence-corrected chi connectivity index (χ0v) is 22.1. The van der Waals surface area contributed by atoms with Crippen LogP contribution in [-0.2, 0) is 9.53 Å². The minimum absolute atomic E-state index is 0.225. The summed E-state index contributed by atoms with van der Waals surface area (Å²) in [5, 5.41) is 0. The van der Waals surface area contributed by atoms with E-state index in [-0.39, 0.29) is 12.2 Å². The van der Waals surface area contributed by atoms with Gasteiger partial charge >= 0.3 is 5.97 Å². The molecular formula is C25H23IN2O5S. The van der Waals surface area contributed by atoms with Gasteiger partial charge in [0.1, 0.15) is 0 Å². The minimum Gasteiger partial charge on any atom is -0.493 e. The Balaban J connectivity index is 1.94. The molecule has 2 aromatic carbocycles. The number of rotatable bonds is 6. The smallest absolute Gasteiger partial charge is 0.338 e. The van der Waals surface area contributed by atoms with Crippen molar-refractivity contribution in [3.8, 4) is 11.5 Å². The summed E-state index contributed by atoms with van der Waals surface area (Å²) in [6, 6.07) is 12.6. The van der Waals surface area contributed by atoms with Crippen LogP contribution >= 0.6 is 33.9 Å². The van der Waals surface area contributed by atoms with Gasteiger partial charge in [-0.1, -0.05) is 41.7 Å². The van der Waals surface area contributed by atoms with E-state index in [2.05, 4.69) is 27.6 Å². The zero-order valence-electron chi connectivity index (χ0n) is 19.1. The van der Waals surface area contributed by atoms with Crippen molar-refractivity contribution in [1.82, 2.24) is 4.57 Å². The number of carbonyl (C=O) groups excluding carboxylic acids is 1. The van der Waals surface area contributed by atoms with E-state index < -0.39 is 12.0 Å². The number of fused-ring (bicyclic) bond motifs is 1. The lowest BCUT2D eigenvalue weighted by molar-refractivity contribution is -0.139. The first-order chi connectivity index (χ1) is 16.4. The van der Waals surface area contributed by atoms with Gasteiger partial charge in [0.05, 0.1) is 46.2 Å². The number of hydrogen-bond donors (Lipinski definition) is 0. The molecule has 0 saturated heterocycles. The third kappa shape index (κ3) is 4.41. The summed E-state index contributed by atoms with van der Waals surface area (Å²) in [6.45, 7) is 3.76. The molecule has 1 aliphatic rings. The van der Waals surface area contributed by atoms with Gasteiger partial charge in [-0.2, -0.15) is 0 Å². The monoisotopic (exact) mass is 590 g/mol. The van der Waals surface area contributed by atoms with Crippen LogP contribution in [0, 0.1) is 3.57 Å². The summed E-state index contributed by atoms with van der Waals surface area (Å²) in [5.74, 6) is 0.748. The predicted octanol–water partition coefficient (Wildman–Crippen LogP) is 3.42. The average molecular weight is 590 g/mol. The molecule has 1 aromatic heterocycles. The molecule has 0 bridgehead atoms. The van der Waals surface area contributed by atoms with E-state index in [0.29, 0.717) is 32.1 Å². The molecule has 0 spiro atoms. The van der Waals surface area contributed by atoms with Gasteiger partial charge in [-0.15, -0.1) is 0 Å². The topological polar surface area (TPSA) is 79.1 Å². The first-order valence-corrected chi connectivity index (χ1v) is 12.4. The van der Waals surface area contributed by atoms with Crippen LogP contribution in [-0.4, -0.2) is 31.4 Å². The summed E-state index contributed by atoms with van der Waals surface area (Å²) in [5.41, 5.74) is 2.29. The highest BCUT2D eigenvalue weighted by Crippen LogP contribution is 2.34. The second kappa shape index (κ2) is 10.1. The summed E-state index contributed by atoms with van der Waals surface area (Å²) in [4.78, 5) is 31.7.